The summed E-state index contributed by atoms with van der Waals surface area (Å²) < 4.78 is 0. The molecule has 0 radical (unpaired) electrons. The third-order valence-electron chi connectivity index (χ3n) is 3.39. The van der Waals surface area contributed by atoms with Crippen molar-refractivity contribution >= 4 is 0 Å². The summed E-state index contributed by atoms with van der Waals surface area (Å²) in [7, 11) is 0. The van der Waals surface area contributed by atoms with Crippen LogP contribution in [-0.4, -0.2) is 11.5 Å². The minimum Gasteiger partial charge on any atom is -0.309 e. The van der Waals surface area contributed by atoms with Crippen molar-refractivity contribution in [2.45, 2.75) is 45.6 Å². The lowest BCUT2D eigenvalue weighted by molar-refractivity contribution is 0.470. The number of hydrogen-bond donors (Lipinski definition) is 1. The third kappa shape index (κ3) is 3.05. The Morgan fingerprint density at radius 3 is 2.94 bits per heavy atom. The second kappa shape index (κ2) is 5.44. The first-order valence-electron chi connectivity index (χ1n) is 6.46. The summed E-state index contributed by atoms with van der Waals surface area (Å²) in [6.45, 7) is 5.34. The van der Waals surface area contributed by atoms with Crippen LogP contribution in [0.25, 0.3) is 0 Å². The van der Waals surface area contributed by atoms with Gasteiger partial charge in [0.15, 0.2) is 0 Å². The highest BCUT2D eigenvalue weighted by Crippen LogP contribution is 2.35. The van der Waals surface area contributed by atoms with Gasteiger partial charge in [-0.3, -0.25) is 4.98 Å². The smallest absolute Gasteiger partial charge is 0.0602 e. The predicted octanol–water partition coefficient (Wildman–Crippen LogP) is 3.23. The molecular formula is C14H22N2. The highest BCUT2D eigenvalue weighted by molar-refractivity contribution is 5.21. The fourth-order valence-corrected chi connectivity index (χ4v) is 2.25. The molecule has 2 rings (SSSR count). The lowest BCUT2D eigenvalue weighted by atomic mass is 10.0. The van der Waals surface area contributed by atoms with E-state index in [1.807, 2.05) is 12.3 Å². The predicted molar refractivity (Wildman–Crippen MR) is 67.3 cm³/mol. The molecule has 1 saturated carbocycles. The lowest BCUT2D eigenvalue weighted by Crippen LogP contribution is -2.22. The van der Waals surface area contributed by atoms with E-state index in [-0.39, 0.29) is 0 Å². The summed E-state index contributed by atoms with van der Waals surface area (Å²) in [5, 5.41) is 3.56. The topological polar surface area (TPSA) is 24.9 Å². The largest absolute Gasteiger partial charge is 0.309 e. The zero-order valence-electron chi connectivity index (χ0n) is 10.4. The highest BCUT2D eigenvalue weighted by Gasteiger charge is 2.23. The number of nitrogens with one attached hydrogen (secondary N) is 1. The van der Waals surface area contributed by atoms with Gasteiger partial charge in [-0.05, 0) is 43.9 Å². The van der Waals surface area contributed by atoms with E-state index in [0.717, 1.165) is 12.5 Å². The van der Waals surface area contributed by atoms with Gasteiger partial charge in [0.1, 0.15) is 0 Å². The van der Waals surface area contributed by atoms with Gasteiger partial charge < -0.3 is 5.32 Å². The number of aromatic nitrogens is 1. The number of rotatable bonds is 6. The van der Waals surface area contributed by atoms with Crippen LogP contribution in [0.2, 0.25) is 0 Å². The minimum absolute atomic E-state index is 0.451. The standard InChI is InChI=1S/C14H22N2/c1-3-15-13(9-8-12-6-7-12)14-11(2)5-4-10-16-14/h4-5,10,12-13,15H,3,6-9H2,1-2H3. The van der Waals surface area contributed by atoms with E-state index >= 15 is 0 Å². The van der Waals surface area contributed by atoms with Crippen LogP contribution in [0.5, 0.6) is 0 Å². The maximum absolute atomic E-state index is 4.53. The molecule has 2 heteroatoms. The van der Waals surface area contributed by atoms with Gasteiger partial charge in [-0.1, -0.05) is 25.8 Å². The molecule has 1 atom stereocenters. The molecule has 1 aliphatic carbocycles. The summed E-state index contributed by atoms with van der Waals surface area (Å²) in [6.07, 6.45) is 7.38. The average Bonchev–Trinajstić information content (AvgIpc) is 3.09. The first-order chi connectivity index (χ1) is 7.81. The van der Waals surface area contributed by atoms with Crippen LogP contribution in [0.1, 0.15) is 49.9 Å². The molecule has 1 fully saturated rings. The summed E-state index contributed by atoms with van der Waals surface area (Å²) in [5.74, 6) is 1.00. The van der Waals surface area contributed by atoms with Crippen molar-refractivity contribution in [2.24, 2.45) is 5.92 Å². The normalized spacial score (nSPS) is 17.4. The Morgan fingerprint density at radius 2 is 2.31 bits per heavy atom. The van der Waals surface area contributed by atoms with E-state index < -0.39 is 0 Å². The average molecular weight is 218 g/mol. The van der Waals surface area contributed by atoms with Gasteiger partial charge in [-0.15, -0.1) is 0 Å². The van der Waals surface area contributed by atoms with Gasteiger partial charge in [0.05, 0.1) is 5.69 Å². The molecule has 0 saturated heterocycles. The van der Waals surface area contributed by atoms with Crippen molar-refractivity contribution in [3.63, 3.8) is 0 Å². The molecule has 1 aromatic heterocycles. The van der Waals surface area contributed by atoms with E-state index in [4.69, 9.17) is 0 Å². The van der Waals surface area contributed by atoms with Gasteiger partial charge in [0.2, 0.25) is 0 Å². The Kier molecular flexibility index (Phi) is 3.94. The van der Waals surface area contributed by atoms with Crippen molar-refractivity contribution in [2.75, 3.05) is 6.54 Å². The van der Waals surface area contributed by atoms with Crippen molar-refractivity contribution in [1.82, 2.24) is 10.3 Å². The molecule has 88 valence electrons. The van der Waals surface area contributed by atoms with Crippen LogP contribution < -0.4 is 5.32 Å². The molecule has 1 heterocycles. The number of aryl methyl sites for hydroxylation is 1. The Morgan fingerprint density at radius 1 is 1.50 bits per heavy atom. The first kappa shape index (κ1) is 11.6. The summed E-state index contributed by atoms with van der Waals surface area (Å²) in [5.41, 5.74) is 2.55. The zero-order valence-corrected chi connectivity index (χ0v) is 10.4. The van der Waals surface area contributed by atoms with Gasteiger partial charge in [-0.2, -0.15) is 0 Å². The Balaban J connectivity index is 2.01. The van der Waals surface area contributed by atoms with Crippen molar-refractivity contribution in [3.8, 4) is 0 Å². The fourth-order valence-electron chi connectivity index (χ4n) is 2.25. The molecule has 0 aliphatic heterocycles. The van der Waals surface area contributed by atoms with E-state index in [9.17, 15) is 0 Å². The maximum Gasteiger partial charge on any atom is 0.0602 e. The molecule has 2 nitrogen and oxygen atoms in total. The van der Waals surface area contributed by atoms with Crippen molar-refractivity contribution in [1.29, 1.82) is 0 Å². The van der Waals surface area contributed by atoms with Crippen molar-refractivity contribution in [3.05, 3.63) is 29.6 Å². The summed E-state index contributed by atoms with van der Waals surface area (Å²) in [4.78, 5) is 4.53. The van der Waals surface area contributed by atoms with Gasteiger partial charge in [0, 0.05) is 12.2 Å². The van der Waals surface area contributed by atoms with Gasteiger partial charge in [-0.25, -0.2) is 0 Å². The number of hydrogen-bond acceptors (Lipinski definition) is 2. The quantitative estimate of drug-likeness (QED) is 0.793. The van der Waals surface area contributed by atoms with E-state index in [2.05, 4.69) is 30.2 Å². The molecule has 16 heavy (non-hydrogen) atoms. The Bertz CT molecular complexity index is 331. The number of pyridine rings is 1. The highest BCUT2D eigenvalue weighted by atomic mass is 14.9. The van der Waals surface area contributed by atoms with Gasteiger partial charge in [0.25, 0.3) is 0 Å². The van der Waals surface area contributed by atoms with Crippen LogP contribution in [0.3, 0.4) is 0 Å². The molecule has 0 spiro atoms. The second-order valence-electron chi connectivity index (χ2n) is 4.84. The molecule has 1 N–H and O–H groups in total. The third-order valence-corrected chi connectivity index (χ3v) is 3.39. The second-order valence-corrected chi connectivity index (χ2v) is 4.84. The van der Waals surface area contributed by atoms with E-state index in [0.29, 0.717) is 6.04 Å². The molecule has 1 aliphatic rings. The molecule has 1 unspecified atom stereocenters. The van der Waals surface area contributed by atoms with Crippen LogP contribution >= 0.6 is 0 Å². The molecule has 0 amide bonds. The lowest BCUT2D eigenvalue weighted by Gasteiger charge is -2.19. The summed E-state index contributed by atoms with van der Waals surface area (Å²) in [6, 6.07) is 4.62. The molecule has 0 bridgehead atoms. The monoisotopic (exact) mass is 218 g/mol. The van der Waals surface area contributed by atoms with Crippen LogP contribution in [-0.2, 0) is 0 Å². The van der Waals surface area contributed by atoms with Crippen LogP contribution in [0, 0.1) is 12.8 Å². The van der Waals surface area contributed by atoms with Crippen LogP contribution in [0.4, 0.5) is 0 Å². The maximum atomic E-state index is 4.53. The first-order valence-corrected chi connectivity index (χ1v) is 6.46. The van der Waals surface area contributed by atoms with Gasteiger partial charge >= 0.3 is 0 Å². The van der Waals surface area contributed by atoms with E-state index in [1.54, 1.807) is 0 Å². The SMILES string of the molecule is CCNC(CCC1CC1)c1ncccc1C. The Labute approximate surface area is 98.5 Å². The summed E-state index contributed by atoms with van der Waals surface area (Å²) >= 11 is 0. The fraction of sp³-hybridized carbons (Fsp3) is 0.643. The Hall–Kier alpha value is -0.890. The van der Waals surface area contributed by atoms with Crippen molar-refractivity contribution < 1.29 is 0 Å². The van der Waals surface area contributed by atoms with Crippen LogP contribution in [0.15, 0.2) is 18.3 Å². The minimum atomic E-state index is 0.451. The van der Waals surface area contributed by atoms with E-state index in [1.165, 1.54) is 36.9 Å². The molecular weight excluding hydrogens is 196 g/mol. The molecule has 0 aromatic carbocycles. The number of nitrogens with zero attached hydrogens (tertiary/aromatic N) is 1. The molecule has 1 aromatic rings. The zero-order chi connectivity index (χ0) is 11.4.